The van der Waals surface area contributed by atoms with Crippen LogP contribution in [0, 0.1) is 0 Å². The van der Waals surface area contributed by atoms with Crippen LogP contribution in [0.2, 0.25) is 0 Å². The van der Waals surface area contributed by atoms with Crippen molar-refractivity contribution in [3.05, 3.63) is 0 Å². The first-order valence-electron chi connectivity index (χ1n) is 5.54. The van der Waals surface area contributed by atoms with Gasteiger partial charge in [-0.25, -0.2) is 0 Å². The third-order valence-corrected chi connectivity index (χ3v) is 9.11. The van der Waals surface area contributed by atoms with E-state index in [2.05, 4.69) is 0 Å². The SMILES string of the molecule is C1CCC(P[PH2+]C2CCCC2)C1. The van der Waals surface area contributed by atoms with Gasteiger partial charge in [-0.05, 0) is 38.5 Å². The predicted octanol–water partition coefficient (Wildman–Crippen LogP) is 3.88. The molecule has 2 atom stereocenters. The van der Waals surface area contributed by atoms with Gasteiger partial charge in [-0.15, -0.1) is 0 Å². The molecular formula is C10H21P2+. The lowest BCUT2D eigenvalue weighted by Crippen LogP contribution is -1.92. The molecule has 2 aliphatic carbocycles. The molecule has 0 aromatic carbocycles. The van der Waals surface area contributed by atoms with Crippen molar-refractivity contribution < 1.29 is 0 Å². The predicted molar refractivity (Wildman–Crippen MR) is 62.5 cm³/mol. The van der Waals surface area contributed by atoms with Gasteiger partial charge in [0.15, 0.2) is 0 Å². The fraction of sp³-hybridized carbons (Fsp3) is 1.00. The van der Waals surface area contributed by atoms with Crippen molar-refractivity contribution in [2.45, 2.75) is 62.7 Å². The molecule has 0 aromatic heterocycles. The lowest BCUT2D eigenvalue weighted by molar-refractivity contribution is 0.886. The van der Waals surface area contributed by atoms with Crippen LogP contribution in [-0.2, 0) is 0 Å². The van der Waals surface area contributed by atoms with Crippen LogP contribution in [0.3, 0.4) is 0 Å². The third kappa shape index (κ3) is 2.68. The van der Waals surface area contributed by atoms with E-state index in [1.807, 2.05) is 0 Å². The summed E-state index contributed by atoms with van der Waals surface area (Å²) in [5.74, 6) is 0. The highest BCUT2D eigenvalue weighted by Crippen LogP contribution is 2.53. The highest BCUT2D eigenvalue weighted by Gasteiger charge is 2.24. The summed E-state index contributed by atoms with van der Waals surface area (Å²) in [6, 6.07) is 0. The summed E-state index contributed by atoms with van der Waals surface area (Å²) in [5.41, 5.74) is 2.42. The Morgan fingerprint density at radius 2 is 1.42 bits per heavy atom. The standard InChI is InChI=1S/C10H20P2/c1-2-6-9(5-1)11-12-10-7-3-4-8-10/h9-12H,1-8H2/p+1. The maximum atomic E-state index is 1.59. The fourth-order valence-corrected chi connectivity index (χ4v) is 8.21. The molecule has 2 heteroatoms. The van der Waals surface area contributed by atoms with Crippen molar-refractivity contribution in [1.29, 1.82) is 0 Å². The summed E-state index contributed by atoms with van der Waals surface area (Å²) in [6.45, 7) is 0. The molecule has 0 spiro atoms. The quantitative estimate of drug-likeness (QED) is 0.611. The summed E-state index contributed by atoms with van der Waals surface area (Å²) < 4.78 is 0. The van der Waals surface area contributed by atoms with Gasteiger partial charge < -0.3 is 0 Å². The van der Waals surface area contributed by atoms with Crippen LogP contribution in [-0.4, -0.2) is 11.3 Å². The van der Waals surface area contributed by atoms with Crippen molar-refractivity contribution >= 4 is 16.5 Å². The van der Waals surface area contributed by atoms with E-state index in [1.54, 1.807) is 51.4 Å². The van der Waals surface area contributed by atoms with E-state index in [0.717, 1.165) is 8.27 Å². The molecule has 12 heavy (non-hydrogen) atoms. The zero-order valence-electron chi connectivity index (χ0n) is 7.89. The summed E-state index contributed by atoms with van der Waals surface area (Å²) in [6.07, 6.45) is 12.5. The van der Waals surface area contributed by atoms with Crippen LogP contribution >= 0.6 is 16.5 Å². The molecule has 0 aliphatic heterocycles. The van der Waals surface area contributed by atoms with Crippen molar-refractivity contribution in [2.75, 3.05) is 0 Å². The smallest absolute Gasteiger partial charge is 0.0526 e. The molecular weight excluding hydrogens is 182 g/mol. The Morgan fingerprint density at radius 3 is 2.08 bits per heavy atom. The first kappa shape index (κ1) is 9.42. The highest BCUT2D eigenvalue weighted by molar-refractivity contribution is 8.12. The lowest BCUT2D eigenvalue weighted by atomic mass is 10.4. The van der Waals surface area contributed by atoms with Crippen molar-refractivity contribution in [1.82, 2.24) is 0 Å². The molecule has 0 bridgehead atoms. The van der Waals surface area contributed by atoms with Gasteiger partial charge in [-0.3, -0.25) is 0 Å². The van der Waals surface area contributed by atoms with Crippen LogP contribution in [0.5, 0.6) is 0 Å². The van der Waals surface area contributed by atoms with Gasteiger partial charge >= 0.3 is 0 Å². The summed E-state index contributed by atoms with van der Waals surface area (Å²) in [7, 11) is 2.27. The Hall–Kier alpha value is 0.860. The first-order valence-corrected chi connectivity index (χ1v) is 9.10. The molecule has 0 amide bonds. The van der Waals surface area contributed by atoms with Crippen LogP contribution in [0.15, 0.2) is 0 Å². The zero-order chi connectivity index (χ0) is 8.23. The fourth-order valence-electron chi connectivity index (χ4n) is 2.49. The number of hydrogen-bond donors (Lipinski definition) is 0. The average Bonchev–Trinajstić information content (AvgIpc) is 2.74. The van der Waals surface area contributed by atoms with Gasteiger partial charge in [0.1, 0.15) is 0 Å². The molecule has 0 heterocycles. The second-order valence-electron chi connectivity index (χ2n) is 4.36. The summed E-state index contributed by atoms with van der Waals surface area (Å²) >= 11 is 0. The van der Waals surface area contributed by atoms with Crippen LogP contribution in [0.4, 0.5) is 0 Å². The van der Waals surface area contributed by atoms with E-state index in [1.165, 1.54) is 19.6 Å². The van der Waals surface area contributed by atoms with Gasteiger partial charge in [-0.2, -0.15) is 0 Å². The molecule has 2 rings (SSSR count). The van der Waals surface area contributed by atoms with Gasteiger partial charge in [-0.1, -0.05) is 12.8 Å². The molecule has 0 saturated heterocycles. The monoisotopic (exact) mass is 203 g/mol. The normalized spacial score (nSPS) is 29.0. The Balaban J connectivity index is 1.60. The second-order valence-corrected chi connectivity index (χ2v) is 8.79. The van der Waals surface area contributed by atoms with E-state index < -0.39 is 0 Å². The average molecular weight is 203 g/mol. The van der Waals surface area contributed by atoms with Gasteiger partial charge in [0.05, 0.1) is 5.66 Å². The Labute approximate surface area is 79.7 Å². The third-order valence-electron chi connectivity index (χ3n) is 3.32. The Morgan fingerprint density at radius 1 is 0.833 bits per heavy atom. The van der Waals surface area contributed by atoms with Crippen LogP contribution < -0.4 is 0 Å². The van der Waals surface area contributed by atoms with E-state index >= 15 is 0 Å². The minimum absolute atomic E-state index is 0.867. The maximum absolute atomic E-state index is 1.59. The second kappa shape index (κ2) is 4.92. The van der Waals surface area contributed by atoms with Crippen LogP contribution in [0.25, 0.3) is 0 Å². The van der Waals surface area contributed by atoms with E-state index in [-0.39, 0.29) is 0 Å². The zero-order valence-corrected chi connectivity index (χ0v) is 10.0. The topological polar surface area (TPSA) is 0 Å². The van der Waals surface area contributed by atoms with Crippen LogP contribution in [0.1, 0.15) is 51.4 Å². The molecule has 2 aliphatic rings. The Kier molecular flexibility index (Phi) is 3.86. The molecule has 2 fully saturated rings. The minimum atomic E-state index is 0.867. The highest BCUT2D eigenvalue weighted by atomic mass is 32.0. The summed E-state index contributed by atoms with van der Waals surface area (Å²) in [5, 5.41) is 0. The lowest BCUT2D eigenvalue weighted by Gasteiger charge is -2.06. The van der Waals surface area contributed by atoms with Crippen molar-refractivity contribution in [3.63, 3.8) is 0 Å². The molecule has 0 radical (unpaired) electrons. The molecule has 70 valence electrons. The summed E-state index contributed by atoms with van der Waals surface area (Å²) in [4.78, 5) is 0. The molecule has 0 nitrogen and oxygen atoms in total. The maximum Gasteiger partial charge on any atom is 0.0672 e. The van der Waals surface area contributed by atoms with E-state index in [9.17, 15) is 0 Å². The molecule has 2 saturated carbocycles. The van der Waals surface area contributed by atoms with Crippen molar-refractivity contribution in [3.8, 4) is 0 Å². The van der Waals surface area contributed by atoms with Gasteiger partial charge in [0.25, 0.3) is 0 Å². The number of hydrogen-bond acceptors (Lipinski definition) is 0. The van der Waals surface area contributed by atoms with Gasteiger partial charge in [0.2, 0.25) is 0 Å². The number of rotatable bonds is 3. The largest absolute Gasteiger partial charge is 0.0672 e. The van der Waals surface area contributed by atoms with E-state index in [0.29, 0.717) is 0 Å². The van der Waals surface area contributed by atoms with E-state index in [4.69, 9.17) is 0 Å². The molecule has 2 unspecified atom stereocenters. The van der Waals surface area contributed by atoms with Gasteiger partial charge in [0, 0.05) is 22.2 Å². The minimum Gasteiger partial charge on any atom is -0.0526 e. The van der Waals surface area contributed by atoms with Crippen molar-refractivity contribution in [2.24, 2.45) is 0 Å². The molecule has 0 aromatic rings. The Bertz CT molecular complexity index is 108. The first-order chi connectivity index (χ1) is 5.95. The molecule has 0 N–H and O–H groups in total.